The molecule has 1 aliphatic heterocycles. The van der Waals surface area contributed by atoms with Gasteiger partial charge in [0.1, 0.15) is 5.75 Å². The van der Waals surface area contributed by atoms with Crippen molar-refractivity contribution < 1.29 is 9.53 Å². The zero-order chi connectivity index (χ0) is 17.5. The summed E-state index contributed by atoms with van der Waals surface area (Å²) in [5.41, 5.74) is 2.33. The summed E-state index contributed by atoms with van der Waals surface area (Å²) in [5, 5.41) is 3.01. The highest BCUT2D eigenvalue weighted by Crippen LogP contribution is 2.29. The number of piperazine rings is 1. The number of carbonyl (C=O) groups is 1. The monoisotopic (exact) mass is 334 g/mol. The number of hydrogen-bond acceptors (Lipinski definition) is 4. The Balaban J connectivity index is 1.83. The number of nitrogens with one attached hydrogen (secondary N) is 1. The molecule has 0 aliphatic carbocycles. The van der Waals surface area contributed by atoms with Gasteiger partial charge < -0.3 is 24.8 Å². The van der Waals surface area contributed by atoms with E-state index in [1.807, 2.05) is 25.1 Å². The Labute approximate surface area is 145 Å². The van der Waals surface area contributed by atoms with Gasteiger partial charge in [-0.2, -0.15) is 0 Å². The van der Waals surface area contributed by atoms with Gasteiger partial charge in [0.25, 0.3) is 0 Å². The third-order valence-corrected chi connectivity index (χ3v) is 4.30. The predicted molar refractivity (Wildman–Crippen MR) is 98.1 cm³/mol. The third-order valence-electron chi connectivity index (χ3n) is 4.30. The minimum atomic E-state index is 0.0459. The molecular formula is C18H30N4O2. The molecule has 24 heavy (non-hydrogen) atoms. The Morgan fingerprint density at radius 1 is 1.25 bits per heavy atom. The molecule has 1 N–H and O–H groups in total. The summed E-state index contributed by atoms with van der Waals surface area (Å²) in [6.07, 6.45) is 0.971. The first-order chi connectivity index (χ1) is 11.5. The second-order valence-electron chi connectivity index (χ2n) is 6.54. The maximum atomic E-state index is 12.2. The second-order valence-corrected chi connectivity index (χ2v) is 6.54. The van der Waals surface area contributed by atoms with Gasteiger partial charge in [-0.05, 0) is 51.7 Å². The molecule has 0 aromatic heterocycles. The first-order valence-corrected chi connectivity index (χ1v) is 8.58. The number of anilines is 1. The van der Waals surface area contributed by atoms with E-state index in [0.29, 0.717) is 0 Å². The predicted octanol–water partition coefficient (Wildman–Crippen LogP) is 1.79. The van der Waals surface area contributed by atoms with Gasteiger partial charge >= 0.3 is 6.03 Å². The van der Waals surface area contributed by atoms with Gasteiger partial charge in [-0.1, -0.05) is 6.07 Å². The zero-order valence-electron chi connectivity index (χ0n) is 15.3. The van der Waals surface area contributed by atoms with Crippen LogP contribution in [0.1, 0.15) is 12.0 Å². The van der Waals surface area contributed by atoms with E-state index in [-0.39, 0.29) is 6.03 Å². The highest BCUT2D eigenvalue weighted by Gasteiger charge is 2.22. The molecule has 1 aromatic rings. The molecule has 0 spiro atoms. The lowest BCUT2D eigenvalue weighted by Crippen LogP contribution is -2.52. The summed E-state index contributed by atoms with van der Waals surface area (Å²) in [4.78, 5) is 18.5. The highest BCUT2D eigenvalue weighted by atomic mass is 16.5. The fourth-order valence-corrected chi connectivity index (χ4v) is 2.90. The molecule has 1 aliphatic rings. The number of methoxy groups -OCH3 is 1. The maximum absolute atomic E-state index is 12.2. The Hall–Kier alpha value is -1.95. The van der Waals surface area contributed by atoms with Crippen molar-refractivity contribution in [3.8, 4) is 5.75 Å². The largest absolute Gasteiger partial charge is 0.495 e. The lowest BCUT2D eigenvalue weighted by Gasteiger charge is -2.36. The third kappa shape index (κ3) is 5.03. The summed E-state index contributed by atoms with van der Waals surface area (Å²) in [5.74, 6) is 0.891. The molecule has 2 rings (SSSR count). The average molecular weight is 334 g/mol. The normalized spacial score (nSPS) is 14.9. The molecule has 0 atom stereocenters. The zero-order valence-corrected chi connectivity index (χ0v) is 15.3. The van der Waals surface area contributed by atoms with Crippen LogP contribution in [-0.2, 0) is 0 Å². The maximum Gasteiger partial charge on any atom is 0.317 e. The van der Waals surface area contributed by atoms with Gasteiger partial charge in [-0.3, -0.25) is 0 Å². The fraction of sp³-hybridized carbons (Fsp3) is 0.611. The molecule has 1 aromatic carbocycles. The number of amides is 2. The van der Waals surface area contributed by atoms with E-state index in [4.69, 9.17) is 4.74 Å². The van der Waals surface area contributed by atoms with Crippen molar-refractivity contribution >= 4 is 11.7 Å². The molecule has 134 valence electrons. The van der Waals surface area contributed by atoms with E-state index in [2.05, 4.69) is 34.2 Å². The number of carbonyl (C=O) groups excluding carboxylic acids is 1. The molecule has 2 amide bonds. The number of aryl methyl sites for hydroxylation is 1. The summed E-state index contributed by atoms with van der Waals surface area (Å²) < 4.78 is 5.47. The Kier molecular flexibility index (Phi) is 6.73. The minimum absolute atomic E-state index is 0.0459. The standard InChI is InChI=1S/C18H30N4O2/c1-15-6-7-17(24-4)16(14-15)21-10-12-22(13-11-21)18(23)19-8-5-9-20(2)3/h6-7,14H,5,8-13H2,1-4H3,(H,19,23). The van der Waals surface area contributed by atoms with Crippen LogP contribution in [0.25, 0.3) is 0 Å². The van der Waals surface area contributed by atoms with Crippen molar-refractivity contribution in [3.05, 3.63) is 23.8 Å². The molecular weight excluding hydrogens is 304 g/mol. The summed E-state index contributed by atoms with van der Waals surface area (Å²) in [7, 11) is 5.78. The number of nitrogens with zero attached hydrogens (tertiary/aromatic N) is 3. The smallest absolute Gasteiger partial charge is 0.317 e. The molecule has 6 nitrogen and oxygen atoms in total. The molecule has 6 heteroatoms. The van der Waals surface area contributed by atoms with Crippen LogP contribution in [0.4, 0.5) is 10.5 Å². The molecule has 0 saturated carbocycles. The Morgan fingerprint density at radius 3 is 2.58 bits per heavy atom. The van der Waals surface area contributed by atoms with Crippen molar-refractivity contribution in [2.45, 2.75) is 13.3 Å². The van der Waals surface area contributed by atoms with Gasteiger partial charge in [-0.25, -0.2) is 4.79 Å². The van der Waals surface area contributed by atoms with Crippen molar-refractivity contribution in [2.24, 2.45) is 0 Å². The van der Waals surface area contributed by atoms with Crippen molar-refractivity contribution in [2.75, 3.05) is 65.4 Å². The number of ether oxygens (including phenoxy) is 1. The Morgan fingerprint density at radius 2 is 1.96 bits per heavy atom. The highest BCUT2D eigenvalue weighted by molar-refractivity contribution is 5.74. The molecule has 0 unspecified atom stereocenters. The van der Waals surface area contributed by atoms with Crippen molar-refractivity contribution in [1.82, 2.24) is 15.1 Å². The second kappa shape index (κ2) is 8.78. The molecule has 1 heterocycles. The van der Waals surface area contributed by atoms with E-state index in [1.54, 1.807) is 7.11 Å². The van der Waals surface area contributed by atoms with E-state index in [1.165, 1.54) is 5.56 Å². The SMILES string of the molecule is COc1ccc(C)cc1N1CCN(C(=O)NCCCN(C)C)CC1. The van der Waals surface area contributed by atoms with Crippen LogP contribution in [0.3, 0.4) is 0 Å². The first-order valence-electron chi connectivity index (χ1n) is 8.58. The van der Waals surface area contributed by atoms with E-state index in [9.17, 15) is 4.79 Å². The number of rotatable bonds is 6. The lowest BCUT2D eigenvalue weighted by molar-refractivity contribution is 0.193. The van der Waals surface area contributed by atoms with Crippen LogP contribution in [0.15, 0.2) is 18.2 Å². The summed E-state index contributed by atoms with van der Waals surface area (Å²) in [6, 6.07) is 6.26. The van der Waals surface area contributed by atoms with Crippen LogP contribution in [-0.4, -0.2) is 76.3 Å². The summed E-state index contributed by atoms with van der Waals surface area (Å²) in [6.45, 7) is 6.91. The van der Waals surface area contributed by atoms with Crippen LogP contribution in [0.5, 0.6) is 5.75 Å². The van der Waals surface area contributed by atoms with Crippen molar-refractivity contribution in [3.63, 3.8) is 0 Å². The molecule has 0 bridgehead atoms. The quantitative estimate of drug-likeness (QED) is 0.806. The lowest BCUT2D eigenvalue weighted by atomic mass is 10.1. The van der Waals surface area contributed by atoms with Crippen LogP contribution >= 0.6 is 0 Å². The fourth-order valence-electron chi connectivity index (χ4n) is 2.90. The number of hydrogen-bond donors (Lipinski definition) is 1. The molecule has 0 radical (unpaired) electrons. The number of benzene rings is 1. The van der Waals surface area contributed by atoms with Crippen LogP contribution < -0.4 is 15.0 Å². The first kappa shape index (κ1) is 18.4. The minimum Gasteiger partial charge on any atom is -0.495 e. The average Bonchev–Trinajstić information content (AvgIpc) is 2.58. The van der Waals surface area contributed by atoms with Crippen LogP contribution in [0, 0.1) is 6.92 Å². The number of urea groups is 1. The van der Waals surface area contributed by atoms with Crippen LogP contribution in [0.2, 0.25) is 0 Å². The van der Waals surface area contributed by atoms with Gasteiger partial charge in [-0.15, -0.1) is 0 Å². The van der Waals surface area contributed by atoms with Gasteiger partial charge in [0.05, 0.1) is 12.8 Å². The van der Waals surface area contributed by atoms with E-state index < -0.39 is 0 Å². The van der Waals surface area contributed by atoms with Gasteiger partial charge in [0.15, 0.2) is 0 Å². The topological polar surface area (TPSA) is 48.1 Å². The molecule has 1 fully saturated rings. The van der Waals surface area contributed by atoms with Gasteiger partial charge in [0, 0.05) is 32.7 Å². The van der Waals surface area contributed by atoms with E-state index in [0.717, 1.165) is 57.1 Å². The van der Waals surface area contributed by atoms with Gasteiger partial charge in [0.2, 0.25) is 0 Å². The van der Waals surface area contributed by atoms with Crippen molar-refractivity contribution in [1.29, 1.82) is 0 Å². The van der Waals surface area contributed by atoms with E-state index >= 15 is 0 Å². The summed E-state index contributed by atoms with van der Waals surface area (Å²) >= 11 is 0. The Bertz CT molecular complexity index is 540. The molecule has 1 saturated heterocycles.